The van der Waals surface area contributed by atoms with Gasteiger partial charge in [-0.3, -0.25) is 4.98 Å². The average molecular weight is 704 g/mol. The van der Waals surface area contributed by atoms with Gasteiger partial charge in [-0.05, 0) is 70.3 Å². The average Bonchev–Trinajstić information content (AvgIpc) is 3.66. The first kappa shape index (κ1) is 32.2. The first-order chi connectivity index (χ1) is 27.2. The zero-order chi connectivity index (χ0) is 36.6. The summed E-state index contributed by atoms with van der Waals surface area (Å²) in [7, 11) is 0. The molecule has 10 aromatic rings. The Balaban J connectivity index is 1.16. The molecule has 4 heteroatoms. The zero-order valence-corrected chi connectivity index (χ0v) is 29.8. The molecule has 258 valence electrons. The van der Waals surface area contributed by atoms with Crippen molar-refractivity contribution in [2.24, 2.45) is 0 Å². The van der Waals surface area contributed by atoms with Crippen molar-refractivity contribution in [1.29, 1.82) is 0 Å². The van der Waals surface area contributed by atoms with Gasteiger partial charge in [0.1, 0.15) is 11.2 Å². The highest BCUT2D eigenvalue weighted by atomic mass is 16.3. The van der Waals surface area contributed by atoms with Gasteiger partial charge in [-0.2, -0.15) is 0 Å². The summed E-state index contributed by atoms with van der Waals surface area (Å²) in [6.45, 7) is 0. The molecule has 0 amide bonds. The fourth-order valence-corrected chi connectivity index (χ4v) is 7.36. The van der Waals surface area contributed by atoms with Crippen LogP contribution in [0.4, 0.5) is 0 Å². The molecular formula is C51H33N3O. The molecule has 0 aliphatic rings. The maximum Gasteiger partial charge on any atom is 0.160 e. The maximum absolute atomic E-state index is 6.56. The Morgan fingerprint density at radius 1 is 0.327 bits per heavy atom. The first-order valence-electron chi connectivity index (χ1n) is 18.4. The lowest BCUT2D eigenvalue weighted by Gasteiger charge is -2.14. The van der Waals surface area contributed by atoms with Crippen LogP contribution in [0.3, 0.4) is 0 Å². The normalized spacial score (nSPS) is 11.3. The van der Waals surface area contributed by atoms with Crippen LogP contribution in [0.1, 0.15) is 0 Å². The molecule has 0 aliphatic heterocycles. The van der Waals surface area contributed by atoms with Crippen molar-refractivity contribution in [1.82, 2.24) is 15.0 Å². The number of furan rings is 1. The molecule has 0 radical (unpaired) electrons. The Kier molecular flexibility index (Phi) is 8.12. The number of hydrogen-bond donors (Lipinski definition) is 0. The Morgan fingerprint density at radius 3 is 1.60 bits per heavy atom. The summed E-state index contributed by atoms with van der Waals surface area (Å²) in [5.41, 5.74) is 15.0. The van der Waals surface area contributed by atoms with Gasteiger partial charge in [0.25, 0.3) is 0 Å². The summed E-state index contributed by atoms with van der Waals surface area (Å²) in [6, 6.07) is 67.4. The van der Waals surface area contributed by atoms with E-state index in [9.17, 15) is 0 Å². The lowest BCUT2D eigenvalue weighted by molar-refractivity contribution is 0.670. The minimum absolute atomic E-state index is 0.667. The molecule has 0 saturated carbocycles. The van der Waals surface area contributed by atoms with Gasteiger partial charge in [0.05, 0.1) is 17.1 Å². The van der Waals surface area contributed by atoms with Crippen LogP contribution in [0.5, 0.6) is 0 Å². The molecule has 3 heterocycles. The number of para-hydroxylation sites is 2. The topological polar surface area (TPSA) is 51.8 Å². The van der Waals surface area contributed by atoms with Crippen molar-refractivity contribution in [3.05, 3.63) is 200 Å². The van der Waals surface area contributed by atoms with Gasteiger partial charge in [-0.1, -0.05) is 152 Å². The van der Waals surface area contributed by atoms with Crippen LogP contribution in [0.2, 0.25) is 0 Å². The summed E-state index contributed by atoms with van der Waals surface area (Å²) in [6.07, 6.45) is 1.82. The van der Waals surface area contributed by atoms with E-state index in [1.807, 2.05) is 60.8 Å². The second kappa shape index (κ2) is 13.8. The minimum atomic E-state index is 0.667. The molecule has 0 saturated heterocycles. The third kappa shape index (κ3) is 6.26. The van der Waals surface area contributed by atoms with E-state index in [0.717, 1.165) is 83.5 Å². The number of hydrogen-bond acceptors (Lipinski definition) is 4. The van der Waals surface area contributed by atoms with E-state index in [2.05, 4.69) is 145 Å². The molecule has 55 heavy (non-hydrogen) atoms. The monoisotopic (exact) mass is 703 g/mol. The number of rotatable bonds is 7. The van der Waals surface area contributed by atoms with Gasteiger partial charge in [0.2, 0.25) is 0 Å². The van der Waals surface area contributed by atoms with Crippen molar-refractivity contribution >= 4 is 21.9 Å². The van der Waals surface area contributed by atoms with Gasteiger partial charge in [0.15, 0.2) is 5.82 Å². The van der Waals surface area contributed by atoms with Crippen LogP contribution in [-0.2, 0) is 0 Å². The van der Waals surface area contributed by atoms with Gasteiger partial charge >= 0.3 is 0 Å². The zero-order valence-electron chi connectivity index (χ0n) is 29.8. The number of benzene rings is 7. The van der Waals surface area contributed by atoms with E-state index in [4.69, 9.17) is 14.4 Å². The Hall–Kier alpha value is -7.43. The van der Waals surface area contributed by atoms with Crippen molar-refractivity contribution < 1.29 is 4.42 Å². The third-order valence-corrected chi connectivity index (χ3v) is 10.2. The number of aromatic nitrogens is 3. The van der Waals surface area contributed by atoms with Crippen molar-refractivity contribution in [2.45, 2.75) is 0 Å². The summed E-state index contributed by atoms with van der Waals surface area (Å²) in [5, 5.41) is 2.20. The summed E-state index contributed by atoms with van der Waals surface area (Å²) in [5.74, 6) is 0.667. The maximum atomic E-state index is 6.56. The Morgan fingerprint density at radius 2 is 0.873 bits per heavy atom. The molecule has 7 aromatic carbocycles. The smallest absolute Gasteiger partial charge is 0.160 e. The fraction of sp³-hybridized carbons (Fsp3) is 0. The van der Waals surface area contributed by atoms with Crippen molar-refractivity contribution in [2.75, 3.05) is 0 Å². The number of nitrogens with zero attached hydrogens (tertiary/aromatic N) is 3. The van der Waals surface area contributed by atoms with E-state index in [-0.39, 0.29) is 0 Å². The highest BCUT2D eigenvalue weighted by Gasteiger charge is 2.17. The molecule has 0 atom stereocenters. The van der Waals surface area contributed by atoms with Crippen LogP contribution in [0, 0.1) is 0 Å². The first-order valence-corrected chi connectivity index (χ1v) is 18.4. The Bertz CT molecular complexity index is 2940. The molecule has 0 aliphatic carbocycles. The minimum Gasteiger partial charge on any atom is -0.455 e. The van der Waals surface area contributed by atoms with Gasteiger partial charge < -0.3 is 4.42 Å². The van der Waals surface area contributed by atoms with E-state index >= 15 is 0 Å². The van der Waals surface area contributed by atoms with E-state index in [0.29, 0.717) is 5.82 Å². The van der Waals surface area contributed by atoms with Crippen molar-refractivity contribution in [3.63, 3.8) is 0 Å². The fourth-order valence-electron chi connectivity index (χ4n) is 7.36. The number of fused-ring (bicyclic) bond motifs is 3. The molecule has 0 N–H and O–H groups in total. The predicted octanol–water partition coefficient (Wildman–Crippen LogP) is 13.4. The lowest BCUT2D eigenvalue weighted by Crippen LogP contribution is -1.96. The molecule has 4 nitrogen and oxygen atoms in total. The second-order valence-corrected chi connectivity index (χ2v) is 13.6. The highest BCUT2D eigenvalue weighted by Crippen LogP contribution is 2.40. The van der Waals surface area contributed by atoms with Crippen LogP contribution in [0.15, 0.2) is 205 Å². The molecule has 0 spiro atoms. The van der Waals surface area contributed by atoms with Crippen LogP contribution in [-0.4, -0.2) is 15.0 Å². The highest BCUT2D eigenvalue weighted by molar-refractivity contribution is 6.09. The molecular weight excluding hydrogens is 671 g/mol. The van der Waals surface area contributed by atoms with E-state index in [1.54, 1.807) is 0 Å². The van der Waals surface area contributed by atoms with Crippen LogP contribution in [0.25, 0.3) is 100 Å². The van der Waals surface area contributed by atoms with E-state index in [1.165, 1.54) is 11.1 Å². The van der Waals surface area contributed by atoms with Crippen LogP contribution < -0.4 is 0 Å². The van der Waals surface area contributed by atoms with Crippen molar-refractivity contribution in [3.8, 4) is 78.5 Å². The van der Waals surface area contributed by atoms with Gasteiger partial charge in [0, 0.05) is 44.8 Å². The molecule has 10 rings (SSSR count). The van der Waals surface area contributed by atoms with Gasteiger partial charge in [-0.25, -0.2) is 9.97 Å². The molecule has 0 bridgehead atoms. The summed E-state index contributed by atoms with van der Waals surface area (Å²) < 4.78 is 6.56. The second-order valence-electron chi connectivity index (χ2n) is 13.6. The molecule has 0 fully saturated rings. The standard InChI is InChI=1S/C51H33N3O/c1-3-12-34(13-4-1)35-21-23-36(24-22-35)40-30-41(43-17-11-18-45-44-16-7-8-20-49(44)55-50(43)45)32-42(31-40)48-33-47(53-51(54-48)39-14-5-2-6-15-39)38-27-25-37(26-28-38)46-19-9-10-29-52-46/h1-33H. The quantitative estimate of drug-likeness (QED) is 0.166. The largest absolute Gasteiger partial charge is 0.455 e. The SMILES string of the molecule is c1ccc(-c2ccc(-c3cc(-c4cc(-c5ccc(-c6ccccn6)cc5)nc(-c5ccccc5)n4)cc(-c4cccc5c4oc4ccccc45)c3)cc2)cc1. The Labute approximate surface area is 319 Å². The van der Waals surface area contributed by atoms with Gasteiger partial charge in [-0.15, -0.1) is 0 Å². The molecule has 3 aromatic heterocycles. The molecule has 0 unspecified atom stereocenters. The number of pyridine rings is 1. The predicted molar refractivity (Wildman–Crippen MR) is 225 cm³/mol. The lowest BCUT2D eigenvalue weighted by atomic mass is 9.93. The third-order valence-electron chi connectivity index (χ3n) is 10.2. The van der Waals surface area contributed by atoms with Crippen LogP contribution >= 0.6 is 0 Å². The summed E-state index contributed by atoms with van der Waals surface area (Å²) >= 11 is 0. The summed E-state index contributed by atoms with van der Waals surface area (Å²) in [4.78, 5) is 14.9. The van der Waals surface area contributed by atoms with E-state index < -0.39 is 0 Å².